The maximum absolute atomic E-state index is 11.9. The number of sulfonamides is 1. The number of nitrogens with one attached hydrogen (secondary N) is 1. The van der Waals surface area contributed by atoms with Gasteiger partial charge in [-0.1, -0.05) is 20.3 Å². The van der Waals surface area contributed by atoms with Crippen LogP contribution in [0.1, 0.15) is 25.8 Å². The van der Waals surface area contributed by atoms with E-state index in [1.54, 1.807) is 31.5 Å². The Kier molecular flexibility index (Phi) is 6.09. The summed E-state index contributed by atoms with van der Waals surface area (Å²) in [6.45, 7) is 3.54. The number of nitrogens with zero attached hydrogens (tertiary/aromatic N) is 1. The largest absolute Gasteiger partial charge is 0.480 e. The van der Waals surface area contributed by atoms with E-state index in [1.807, 2.05) is 6.92 Å². The third kappa shape index (κ3) is 5.26. The first kappa shape index (κ1) is 16.6. The Bertz CT molecular complexity index is 531. The van der Waals surface area contributed by atoms with Gasteiger partial charge in [0.1, 0.15) is 6.04 Å². The van der Waals surface area contributed by atoms with Crippen LogP contribution in [-0.4, -0.2) is 36.3 Å². The van der Waals surface area contributed by atoms with Crippen LogP contribution in [-0.2, 0) is 21.2 Å². The fourth-order valence-electron chi connectivity index (χ4n) is 1.70. The van der Waals surface area contributed by atoms with Crippen LogP contribution in [0.4, 0.5) is 0 Å². The summed E-state index contributed by atoms with van der Waals surface area (Å²) in [5.74, 6) is -1.55. The molecule has 1 aromatic rings. The number of aliphatic carboxylic acids is 1. The number of hydrogen-bond donors (Lipinski definition) is 2. The van der Waals surface area contributed by atoms with Gasteiger partial charge in [-0.05, 0) is 30.0 Å². The average molecular weight is 300 g/mol. The number of carboxylic acid groups (broad SMARTS) is 1. The molecule has 0 unspecified atom stereocenters. The van der Waals surface area contributed by atoms with Crippen molar-refractivity contribution in [2.45, 2.75) is 32.7 Å². The predicted molar refractivity (Wildman–Crippen MR) is 75.7 cm³/mol. The first-order valence-electron chi connectivity index (χ1n) is 6.47. The van der Waals surface area contributed by atoms with Gasteiger partial charge in [0.15, 0.2) is 0 Å². The molecule has 0 aliphatic heterocycles. The van der Waals surface area contributed by atoms with Crippen molar-refractivity contribution in [1.82, 2.24) is 9.71 Å². The van der Waals surface area contributed by atoms with Crippen LogP contribution in [0, 0.1) is 5.92 Å². The molecule has 0 saturated carbocycles. The molecule has 1 rings (SSSR count). The minimum atomic E-state index is -3.63. The zero-order valence-corrected chi connectivity index (χ0v) is 12.4. The van der Waals surface area contributed by atoms with Crippen LogP contribution in [0.2, 0.25) is 0 Å². The summed E-state index contributed by atoms with van der Waals surface area (Å²) in [6.07, 6.45) is 4.09. The van der Waals surface area contributed by atoms with Gasteiger partial charge in [-0.25, -0.2) is 13.1 Å². The van der Waals surface area contributed by atoms with Crippen LogP contribution in [0.5, 0.6) is 0 Å². The van der Waals surface area contributed by atoms with Crippen molar-refractivity contribution in [3.63, 3.8) is 0 Å². The van der Waals surface area contributed by atoms with Crippen LogP contribution in [0.3, 0.4) is 0 Å². The second kappa shape index (κ2) is 7.35. The number of rotatable bonds is 8. The molecule has 0 aliphatic rings. The topological polar surface area (TPSA) is 96.4 Å². The second-order valence-corrected chi connectivity index (χ2v) is 6.62. The van der Waals surface area contributed by atoms with Gasteiger partial charge in [0.25, 0.3) is 0 Å². The quantitative estimate of drug-likeness (QED) is 0.748. The lowest BCUT2D eigenvalue weighted by Crippen LogP contribution is -2.45. The molecule has 0 fully saturated rings. The average Bonchev–Trinajstić information content (AvgIpc) is 2.43. The summed E-state index contributed by atoms with van der Waals surface area (Å²) in [4.78, 5) is 15.0. The first-order valence-corrected chi connectivity index (χ1v) is 8.12. The van der Waals surface area contributed by atoms with E-state index in [2.05, 4.69) is 9.71 Å². The van der Waals surface area contributed by atoms with E-state index in [0.29, 0.717) is 12.8 Å². The molecule has 6 nitrogen and oxygen atoms in total. The Balaban J connectivity index is 2.66. The summed E-state index contributed by atoms with van der Waals surface area (Å²) in [6, 6.07) is 2.39. The Labute approximate surface area is 119 Å². The van der Waals surface area contributed by atoms with Crippen molar-refractivity contribution in [1.29, 1.82) is 0 Å². The highest BCUT2D eigenvalue weighted by Gasteiger charge is 2.28. The fourth-order valence-corrected chi connectivity index (χ4v) is 3.04. The molecule has 1 aromatic heterocycles. The number of aromatic nitrogens is 1. The van der Waals surface area contributed by atoms with E-state index in [0.717, 1.165) is 5.56 Å². The number of carbonyl (C=O) groups is 1. The summed E-state index contributed by atoms with van der Waals surface area (Å²) in [7, 11) is -3.63. The molecule has 0 amide bonds. The van der Waals surface area contributed by atoms with Crippen molar-refractivity contribution >= 4 is 16.0 Å². The molecule has 112 valence electrons. The van der Waals surface area contributed by atoms with Gasteiger partial charge in [-0.3, -0.25) is 9.78 Å². The molecule has 0 bridgehead atoms. The SMILES string of the molecule is CC[C@H](C)[C@H](NS(=O)(=O)CCc1ccncc1)C(=O)O. The molecule has 0 aliphatic carbocycles. The lowest BCUT2D eigenvalue weighted by molar-refractivity contribution is -0.140. The van der Waals surface area contributed by atoms with E-state index < -0.39 is 22.0 Å². The van der Waals surface area contributed by atoms with Crippen LogP contribution < -0.4 is 4.72 Å². The third-order valence-corrected chi connectivity index (χ3v) is 4.55. The van der Waals surface area contributed by atoms with E-state index in [1.165, 1.54) is 0 Å². The van der Waals surface area contributed by atoms with Crippen LogP contribution >= 0.6 is 0 Å². The Morgan fingerprint density at radius 2 is 2.00 bits per heavy atom. The van der Waals surface area contributed by atoms with Crippen LogP contribution in [0.25, 0.3) is 0 Å². The monoisotopic (exact) mass is 300 g/mol. The van der Waals surface area contributed by atoms with Crippen molar-refractivity contribution < 1.29 is 18.3 Å². The molecular formula is C13H20N2O4S. The molecule has 0 radical (unpaired) electrons. The highest BCUT2D eigenvalue weighted by Crippen LogP contribution is 2.10. The maximum Gasteiger partial charge on any atom is 0.322 e. The lowest BCUT2D eigenvalue weighted by Gasteiger charge is -2.20. The summed E-state index contributed by atoms with van der Waals surface area (Å²) < 4.78 is 26.2. The zero-order valence-electron chi connectivity index (χ0n) is 11.6. The number of hydrogen-bond acceptors (Lipinski definition) is 4. The van der Waals surface area contributed by atoms with Crippen molar-refractivity contribution in [2.75, 3.05) is 5.75 Å². The summed E-state index contributed by atoms with van der Waals surface area (Å²) in [5, 5.41) is 9.09. The second-order valence-electron chi connectivity index (χ2n) is 4.74. The molecule has 0 aromatic carbocycles. The Morgan fingerprint density at radius 3 is 2.50 bits per heavy atom. The number of pyridine rings is 1. The molecule has 0 spiro atoms. The lowest BCUT2D eigenvalue weighted by atomic mass is 10.0. The molecule has 0 saturated heterocycles. The minimum Gasteiger partial charge on any atom is -0.480 e. The Hall–Kier alpha value is -1.47. The zero-order chi connectivity index (χ0) is 15.2. The van der Waals surface area contributed by atoms with Gasteiger partial charge in [-0.2, -0.15) is 0 Å². The number of aryl methyl sites for hydroxylation is 1. The van der Waals surface area contributed by atoms with Gasteiger partial charge in [0.05, 0.1) is 5.75 Å². The molecule has 20 heavy (non-hydrogen) atoms. The molecular weight excluding hydrogens is 280 g/mol. The normalized spacial score (nSPS) is 14.7. The van der Waals surface area contributed by atoms with Gasteiger partial charge in [0.2, 0.25) is 10.0 Å². The predicted octanol–water partition coefficient (Wildman–Crippen LogP) is 1.04. The summed E-state index contributed by atoms with van der Waals surface area (Å²) in [5.41, 5.74) is 0.848. The highest BCUT2D eigenvalue weighted by atomic mass is 32.2. The van der Waals surface area contributed by atoms with E-state index >= 15 is 0 Å². The highest BCUT2D eigenvalue weighted by molar-refractivity contribution is 7.89. The molecule has 7 heteroatoms. The smallest absolute Gasteiger partial charge is 0.322 e. The summed E-state index contributed by atoms with van der Waals surface area (Å²) >= 11 is 0. The van der Waals surface area contributed by atoms with Gasteiger partial charge < -0.3 is 5.11 Å². The maximum atomic E-state index is 11.9. The van der Waals surface area contributed by atoms with Crippen molar-refractivity contribution in [3.8, 4) is 0 Å². The van der Waals surface area contributed by atoms with E-state index in [4.69, 9.17) is 5.11 Å². The van der Waals surface area contributed by atoms with Crippen molar-refractivity contribution in [2.24, 2.45) is 5.92 Å². The van der Waals surface area contributed by atoms with Gasteiger partial charge in [0, 0.05) is 12.4 Å². The van der Waals surface area contributed by atoms with Crippen LogP contribution in [0.15, 0.2) is 24.5 Å². The van der Waals surface area contributed by atoms with Gasteiger partial charge >= 0.3 is 5.97 Å². The molecule has 1 heterocycles. The van der Waals surface area contributed by atoms with Crippen molar-refractivity contribution in [3.05, 3.63) is 30.1 Å². The van der Waals surface area contributed by atoms with E-state index in [9.17, 15) is 13.2 Å². The number of carboxylic acids is 1. The Morgan fingerprint density at radius 1 is 1.40 bits per heavy atom. The minimum absolute atomic E-state index is 0.142. The first-order chi connectivity index (χ1) is 9.35. The van der Waals surface area contributed by atoms with E-state index in [-0.39, 0.29) is 11.7 Å². The molecule has 2 N–H and O–H groups in total. The fraction of sp³-hybridized carbons (Fsp3) is 0.538. The van der Waals surface area contributed by atoms with Gasteiger partial charge in [-0.15, -0.1) is 0 Å². The standard InChI is InChI=1S/C13H20N2O4S/c1-3-10(2)12(13(16)17)15-20(18,19)9-6-11-4-7-14-8-5-11/h4-5,7-8,10,12,15H,3,6,9H2,1-2H3,(H,16,17)/t10-,12-/m0/s1. The molecule has 2 atom stereocenters. The third-order valence-electron chi connectivity index (χ3n) is 3.19.